The predicted octanol–water partition coefficient (Wildman–Crippen LogP) is 1.38. The molecule has 0 bridgehead atoms. The van der Waals surface area contributed by atoms with Gasteiger partial charge >= 0.3 is 0 Å². The highest BCUT2D eigenvalue weighted by atomic mass is 79.9. The largest absolute Gasteiger partial charge is 0.313 e. The molecule has 1 aliphatic carbocycles. The third-order valence-corrected chi connectivity index (χ3v) is 5.03. The van der Waals surface area contributed by atoms with E-state index in [1.165, 1.54) is 19.3 Å². The molecular formula is C14H22BrN5O. The van der Waals surface area contributed by atoms with Crippen molar-refractivity contribution in [2.75, 3.05) is 38.7 Å². The van der Waals surface area contributed by atoms with Gasteiger partial charge in [-0.05, 0) is 41.7 Å². The molecule has 116 valence electrons. The quantitative estimate of drug-likeness (QED) is 0.884. The van der Waals surface area contributed by atoms with Crippen molar-refractivity contribution < 1.29 is 0 Å². The number of piperazine rings is 1. The lowest BCUT2D eigenvalue weighted by Crippen LogP contribution is -2.48. The van der Waals surface area contributed by atoms with E-state index >= 15 is 0 Å². The summed E-state index contributed by atoms with van der Waals surface area (Å²) in [6.45, 7) is 4.57. The van der Waals surface area contributed by atoms with E-state index < -0.39 is 0 Å². The molecule has 1 aromatic heterocycles. The Morgan fingerprint density at radius 2 is 2.05 bits per heavy atom. The molecule has 0 amide bonds. The lowest BCUT2D eigenvalue weighted by atomic mass is 9.85. The first-order valence-corrected chi connectivity index (χ1v) is 8.38. The van der Waals surface area contributed by atoms with Crippen LogP contribution in [0, 0.1) is 5.92 Å². The molecule has 7 heteroatoms. The van der Waals surface area contributed by atoms with Gasteiger partial charge in [0.1, 0.15) is 5.69 Å². The van der Waals surface area contributed by atoms with Gasteiger partial charge in [0.25, 0.3) is 5.56 Å². The molecule has 1 aliphatic heterocycles. The number of likely N-dealkylation sites (N-methyl/N-ethyl adjacent to an activating group) is 1. The molecule has 1 aromatic rings. The fourth-order valence-electron chi connectivity index (χ4n) is 2.70. The van der Waals surface area contributed by atoms with Crippen molar-refractivity contribution >= 4 is 21.6 Å². The van der Waals surface area contributed by atoms with Crippen LogP contribution < -0.4 is 11.0 Å². The van der Waals surface area contributed by atoms with Gasteiger partial charge in [-0.2, -0.15) is 5.10 Å². The molecule has 2 aliphatic rings. The Labute approximate surface area is 133 Å². The number of nitrogens with one attached hydrogen (secondary N) is 1. The molecule has 1 saturated heterocycles. The minimum Gasteiger partial charge on any atom is -0.313 e. The number of hydrogen-bond acceptors (Lipinski definition) is 5. The summed E-state index contributed by atoms with van der Waals surface area (Å²) >= 11 is 3.44. The van der Waals surface area contributed by atoms with Crippen LogP contribution in [0.1, 0.15) is 19.3 Å². The van der Waals surface area contributed by atoms with E-state index in [0.29, 0.717) is 11.6 Å². The van der Waals surface area contributed by atoms with Crippen LogP contribution in [-0.2, 0) is 6.54 Å². The number of rotatable bonds is 4. The van der Waals surface area contributed by atoms with E-state index in [9.17, 15) is 4.79 Å². The third-order valence-electron chi connectivity index (χ3n) is 4.43. The highest BCUT2D eigenvalue weighted by molar-refractivity contribution is 9.10. The molecule has 0 radical (unpaired) electrons. The van der Waals surface area contributed by atoms with Crippen LogP contribution in [0.25, 0.3) is 0 Å². The van der Waals surface area contributed by atoms with Crippen LogP contribution in [0.2, 0.25) is 0 Å². The maximum Gasteiger partial charge on any atom is 0.292 e. The fourth-order valence-corrected chi connectivity index (χ4v) is 3.05. The van der Waals surface area contributed by atoms with E-state index in [-0.39, 0.29) is 5.56 Å². The Balaban J connectivity index is 1.73. The van der Waals surface area contributed by atoms with Crippen LogP contribution in [0.3, 0.4) is 0 Å². The highest BCUT2D eigenvalue weighted by Crippen LogP contribution is 2.27. The van der Waals surface area contributed by atoms with Gasteiger partial charge in [0.15, 0.2) is 0 Å². The maximum atomic E-state index is 12.6. The minimum absolute atomic E-state index is 0.0322. The molecule has 1 saturated carbocycles. The summed E-state index contributed by atoms with van der Waals surface area (Å²) in [6.07, 6.45) is 5.43. The molecular weight excluding hydrogens is 334 g/mol. The zero-order chi connectivity index (χ0) is 14.8. The molecule has 2 heterocycles. The molecule has 0 atom stereocenters. The van der Waals surface area contributed by atoms with Crippen LogP contribution in [0.15, 0.2) is 15.5 Å². The van der Waals surface area contributed by atoms with Crippen molar-refractivity contribution in [1.29, 1.82) is 0 Å². The van der Waals surface area contributed by atoms with Crippen LogP contribution >= 0.6 is 15.9 Å². The average Bonchev–Trinajstić information content (AvgIpc) is 2.43. The molecule has 21 heavy (non-hydrogen) atoms. The zero-order valence-corrected chi connectivity index (χ0v) is 14.0. The van der Waals surface area contributed by atoms with Gasteiger partial charge < -0.3 is 10.3 Å². The Morgan fingerprint density at radius 1 is 1.33 bits per heavy atom. The molecule has 1 N–H and O–H groups in total. The van der Waals surface area contributed by atoms with Crippen LogP contribution in [0.4, 0.5) is 5.69 Å². The first-order chi connectivity index (χ1) is 10.1. The molecule has 6 nitrogen and oxygen atoms in total. The average molecular weight is 356 g/mol. The van der Waals surface area contributed by atoms with Crippen molar-refractivity contribution in [3.05, 3.63) is 21.0 Å². The standard InChI is InChI=1S/C14H22BrN5O/c1-18-5-7-19(8-6-18)17-13-12(15)9-16-20(14(13)21)10-11-3-2-4-11/h9,11,17H,2-8,10H2,1H3. The normalized spacial score (nSPS) is 21.2. The summed E-state index contributed by atoms with van der Waals surface area (Å²) in [7, 11) is 2.12. The van der Waals surface area contributed by atoms with Crippen molar-refractivity contribution in [1.82, 2.24) is 19.7 Å². The van der Waals surface area contributed by atoms with Gasteiger partial charge in [0.05, 0.1) is 10.7 Å². The van der Waals surface area contributed by atoms with Crippen molar-refractivity contribution in [3.8, 4) is 0 Å². The van der Waals surface area contributed by atoms with E-state index in [1.54, 1.807) is 10.9 Å². The predicted molar refractivity (Wildman–Crippen MR) is 86.2 cm³/mol. The number of hydrogen-bond donors (Lipinski definition) is 1. The van der Waals surface area contributed by atoms with Crippen LogP contribution in [0.5, 0.6) is 0 Å². The molecule has 3 rings (SSSR count). The van der Waals surface area contributed by atoms with Crippen molar-refractivity contribution in [3.63, 3.8) is 0 Å². The Morgan fingerprint density at radius 3 is 2.67 bits per heavy atom. The van der Waals surface area contributed by atoms with Gasteiger partial charge in [-0.15, -0.1) is 0 Å². The minimum atomic E-state index is -0.0322. The SMILES string of the molecule is CN1CCN(Nc2c(Br)cnn(CC3CCC3)c2=O)CC1. The number of aromatic nitrogens is 2. The molecule has 0 unspecified atom stereocenters. The summed E-state index contributed by atoms with van der Waals surface area (Å²) in [5.41, 5.74) is 3.85. The Hall–Kier alpha value is -0.920. The second kappa shape index (κ2) is 6.46. The van der Waals surface area contributed by atoms with E-state index in [4.69, 9.17) is 0 Å². The zero-order valence-electron chi connectivity index (χ0n) is 12.4. The van der Waals surface area contributed by atoms with Gasteiger partial charge in [-0.25, -0.2) is 9.69 Å². The van der Waals surface area contributed by atoms with Crippen molar-refractivity contribution in [2.24, 2.45) is 5.92 Å². The second-order valence-electron chi connectivity index (χ2n) is 6.05. The summed E-state index contributed by atoms with van der Waals surface area (Å²) < 4.78 is 2.34. The summed E-state index contributed by atoms with van der Waals surface area (Å²) in [6, 6.07) is 0. The highest BCUT2D eigenvalue weighted by Gasteiger charge is 2.21. The topological polar surface area (TPSA) is 53.4 Å². The fraction of sp³-hybridized carbons (Fsp3) is 0.714. The first kappa shape index (κ1) is 15.0. The molecule has 0 aromatic carbocycles. The summed E-state index contributed by atoms with van der Waals surface area (Å²) in [4.78, 5) is 14.9. The van der Waals surface area contributed by atoms with E-state index in [1.807, 2.05) is 0 Å². The summed E-state index contributed by atoms with van der Waals surface area (Å²) in [5, 5.41) is 6.36. The summed E-state index contributed by atoms with van der Waals surface area (Å²) in [5.74, 6) is 0.618. The molecule has 2 fully saturated rings. The smallest absolute Gasteiger partial charge is 0.292 e. The van der Waals surface area contributed by atoms with Gasteiger partial charge in [-0.1, -0.05) is 6.42 Å². The van der Waals surface area contributed by atoms with E-state index in [2.05, 4.69) is 43.4 Å². The first-order valence-electron chi connectivity index (χ1n) is 7.59. The van der Waals surface area contributed by atoms with Crippen molar-refractivity contribution in [2.45, 2.75) is 25.8 Å². The van der Waals surface area contributed by atoms with Gasteiger partial charge in [-0.3, -0.25) is 4.79 Å². The number of nitrogens with zero attached hydrogens (tertiary/aromatic N) is 4. The number of hydrazine groups is 1. The number of halogens is 1. The lowest BCUT2D eigenvalue weighted by molar-refractivity contribution is 0.178. The van der Waals surface area contributed by atoms with Crippen LogP contribution in [-0.4, -0.2) is 52.9 Å². The third kappa shape index (κ3) is 3.46. The maximum absolute atomic E-state index is 12.6. The second-order valence-corrected chi connectivity index (χ2v) is 6.91. The number of anilines is 1. The van der Waals surface area contributed by atoms with E-state index in [0.717, 1.165) is 37.2 Å². The van der Waals surface area contributed by atoms with Gasteiger partial charge in [0.2, 0.25) is 0 Å². The molecule has 0 spiro atoms. The Bertz CT molecular complexity index is 549. The Kier molecular flexibility index (Phi) is 4.61. The van der Waals surface area contributed by atoms with Gasteiger partial charge in [0, 0.05) is 32.7 Å². The lowest BCUT2D eigenvalue weighted by Gasteiger charge is -2.33. The monoisotopic (exact) mass is 355 g/mol.